The number of anilines is 1. The van der Waals surface area contributed by atoms with Gasteiger partial charge in [-0.2, -0.15) is 12.1 Å². The molecular weight excluding hydrogens is 728 g/mol. The van der Waals surface area contributed by atoms with Gasteiger partial charge >= 0.3 is 28.1 Å². The zero-order chi connectivity index (χ0) is 28.5. The molecule has 4 heterocycles. The maximum Gasteiger partial charge on any atom is 2.00 e. The summed E-state index contributed by atoms with van der Waals surface area (Å²) >= 11 is 0. The van der Waals surface area contributed by atoms with E-state index in [2.05, 4.69) is 62.9 Å². The van der Waals surface area contributed by atoms with Crippen LogP contribution < -0.4 is 19.7 Å². The van der Waals surface area contributed by atoms with Gasteiger partial charge in [0.25, 0.3) is 0 Å². The fraction of sp³-hybridized carbons (Fsp3) is 0.0278. The number of ether oxygens (including phenoxy) is 1. The zero-order valence-corrected chi connectivity index (χ0v) is 25.7. The van der Waals surface area contributed by atoms with Gasteiger partial charge in [0.2, 0.25) is 0 Å². The molecule has 1 aliphatic heterocycles. The van der Waals surface area contributed by atoms with Gasteiger partial charge in [-0.1, -0.05) is 65.5 Å². The molecule has 0 spiro atoms. The van der Waals surface area contributed by atoms with Crippen LogP contribution in [0.25, 0.3) is 49.6 Å². The SMILES string of the molecule is CN1B(c2[c-]c(Oc3[c-]c4c(cc3)c3ccccc3n4-c3ccccn3)c3oc4ccccc4c3c2)Oc2ccccc21.[Pt+2]. The van der Waals surface area contributed by atoms with Crippen molar-refractivity contribution in [1.29, 1.82) is 0 Å². The summed E-state index contributed by atoms with van der Waals surface area (Å²) in [5.41, 5.74) is 5.22. The van der Waals surface area contributed by atoms with E-state index in [1.165, 1.54) is 0 Å². The Balaban J connectivity index is 0.00000289. The second-order valence-corrected chi connectivity index (χ2v) is 10.7. The second kappa shape index (κ2) is 10.3. The largest absolute Gasteiger partial charge is 2.00 e. The van der Waals surface area contributed by atoms with Crippen molar-refractivity contribution >= 4 is 61.9 Å². The van der Waals surface area contributed by atoms with Crippen LogP contribution in [0.2, 0.25) is 0 Å². The Bertz CT molecular complexity index is 2350. The van der Waals surface area contributed by atoms with Crippen molar-refractivity contribution in [3.8, 4) is 23.1 Å². The van der Waals surface area contributed by atoms with Gasteiger partial charge in [0.1, 0.15) is 17.2 Å². The molecule has 0 fully saturated rings. The van der Waals surface area contributed by atoms with E-state index < -0.39 is 0 Å². The van der Waals surface area contributed by atoms with E-state index in [0.717, 1.165) is 60.9 Å². The molecule has 3 aromatic heterocycles. The third kappa shape index (κ3) is 4.04. The molecule has 212 valence electrons. The fourth-order valence-corrected chi connectivity index (χ4v) is 6.18. The average Bonchev–Trinajstić information content (AvgIpc) is 3.71. The van der Waals surface area contributed by atoms with E-state index in [1.807, 2.05) is 79.8 Å². The standard InChI is InChI=1S/C36H22BN3O3.Pt/c1-39-30-13-5-7-15-33(30)43-37(39)23-20-28-27-11-3-6-14-32(27)42-36(28)34(21-23)41-24-17-18-26-25-10-2-4-12-29(25)40(31(26)22-24)35-16-8-9-19-38-35;/h2-20H,1H3;/q-2;+2. The number of benzene rings is 5. The van der Waals surface area contributed by atoms with E-state index in [1.54, 1.807) is 6.20 Å². The molecule has 8 aromatic rings. The van der Waals surface area contributed by atoms with E-state index >= 15 is 0 Å². The number of rotatable bonds is 4. The average molecular weight is 750 g/mol. The third-order valence-corrected chi connectivity index (χ3v) is 8.15. The summed E-state index contributed by atoms with van der Waals surface area (Å²) in [4.78, 5) is 6.76. The quantitative estimate of drug-likeness (QED) is 0.137. The molecule has 0 saturated carbocycles. The number of para-hydroxylation sites is 4. The number of nitrogens with zero attached hydrogens (tertiary/aromatic N) is 3. The Hall–Kier alpha value is -5.00. The first kappa shape index (κ1) is 26.6. The van der Waals surface area contributed by atoms with Gasteiger partial charge in [0.05, 0.1) is 17.0 Å². The molecule has 1 aliphatic rings. The van der Waals surface area contributed by atoms with Gasteiger partial charge in [-0.15, -0.1) is 29.0 Å². The molecule has 0 atom stereocenters. The van der Waals surface area contributed by atoms with Crippen molar-refractivity contribution in [3.63, 3.8) is 0 Å². The monoisotopic (exact) mass is 750 g/mol. The molecule has 44 heavy (non-hydrogen) atoms. The third-order valence-electron chi connectivity index (χ3n) is 8.15. The number of fused-ring (bicyclic) bond motifs is 7. The van der Waals surface area contributed by atoms with E-state index in [9.17, 15) is 0 Å². The summed E-state index contributed by atoms with van der Waals surface area (Å²) < 4.78 is 21.5. The predicted molar refractivity (Wildman–Crippen MR) is 171 cm³/mol. The smallest absolute Gasteiger partial charge is 0.537 e. The second-order valence-electron chi connectivity index (χ2n) is 10.7. The van der Waals surface area contributed by atoms with Crippen molar-refractivity contribution in [3.05, 3.63) is 128 Å². The van der Waals surface area contributed by atoms with Gasteiger partial charge in [-0.05, 0) is 48.8 Å². The molecule has 0 unspecified atom stereocenters. The Morgan fingerprint density at radius 1 is 0.773 bits per heavy atom. The zero-order valence-electron chi connectivity index (χ0n) is 23.4. The van der Waals surface area contributed by atoms with Crippen molar-refractivity contribution < 1.29 is 34.9 Å². The maximum atomic E-state index is 6.62. The minimum absolute atomic E-state index is 0. The summed E-state index contributed by atoms with van der Waals surface area (Å²) in [5.74, 6) is 2.68. The summed E-state index contributed by atoms with van der Waals surface area (Å²) in [6, 6.07) is 43.4. The molecule has 8 heteroatoms. The van der Waals surface area contributed by atoms with E-state index in [4.69, 9.17) is 13.8 Å². The fourth-order valence-electron chi connectivity index (χ4n) is 6.18. The van der Waals surface area contributed by atoms with Gasteiger partial charge in [0.15, 0.2) is 0 Å². The van der Waals surface area contributed by atoms with Crippen LogP contribution in [0.15, 0.2) is 120 Å². The first-order valence-corrected chi connectivity index (χ1v) is 14.1. The summed E-state index contributed by atoms with van der Waals surface area (Å²) in [6.45, 7) is 0. The Kier molecular flexibility index (Phi) is 6.24. The Labute approximate surface area is 267 Å². The minimum Gasteiger partial charge on any atom is -0.537 e. The molecule has 0 aliphatic carbocycles. The Morgan fingerprint density at radius 2 is 1.57 bits per heavy atom. The number of hydrogen-bond acceptors (Lipinski definition) is 5. The molecule has 0 N–H and O–H groups in total. The Morgan fingerprint density at radius 3 is 2.43 bits per heavy atom. The first-order chi connectivity index (χ1) is 21.2. The van der Waals surface area contributed by atoms with Crippen molar-refractivity contribution in [1.82, 2.24) is 9.55 Å². The normalized spacial score (nSPS) is 12.6. The number of hydrogen-bond donors (Lipinski definition) is 0. The molecule has 0 bridgehead atoms. The van der Waals surface area contributed by atoms with Gasteiger partial charge in [-0.25, -0.2) is 4.98 Å². The van der Waals surface area contributed by atoms with Crippen molar-refractivity contribution in [2.45, 2.75) is 0 Å². The molecule has 0 radical (unpaired) electrons. The van der Waals surface area contributed by atoms with Crippen LogP contribution in [0, 0.1) is 12.1 Å². The van der Waals surface area contributed by atoms with Crippen LogP contribution in [0.4, 0.5) is 5.69 Å². The van der Waals surface area contributed by atoms with Gasteiger partial charge in [0, 0.05) is 22.8 Å². The summed E-state index contributed by atoms with van der Waals surface area (Å²) in [5, 5.41) is 4.14. The van der Waals surface area contributed by atoms with Gasteiger partial charge in [-0.3, -0.25) is 0 Å². The van der Waals surface area contributed by atoms with Crippen LogP contribution in [0.3, 0.4) is 0 Å². The first-order valence-electron chi connectivity index (χ1n) is 14.1. The van der Waals surface area contributed by atoms with Crippen LogP contribution in [0.5, 0.6) is 17.2 Å². The number of aromatic nitrogens is 2. The van der Waals surface area contributed by atoms with Crippen LogP contribution in [-0.4, -0.2) is 23.6 Å². The molecular formula is C36H22BN3O3Pt. The molecule has 0 saturated heterocycles. The van der Waals surface area contributed by atoms with E-state index in [-0.39, 0.29) is 28.1 Å². The molecule has 0 amide bonds. The van der Waals surface area contributed by atoms with Gasteiger partial charge < -0.3 is 23.2 Å². The number of furan rings is 1. The van der Waals surface area contributed by atoms with Crippen molar-refractivity contribution in [2.75, 3.05) is 11.9 Å². The summed E-state index contributed by atoms with van der Waals surface area (Å²) in [6.07, 6.45) is 1.80. The van der Waals surface area contributed by atoms with E-state index in [0.29, 0.717) is 17.1 Å². The summed E-state index contributed by atoms with van der Waals surface area (Å²) in [7, 11) is 1.66. The maximum absolute atomic E-state index is 6.62. The van der Waals surface area contributed by atoms with Crippen molar-refractivity contribution in [2.24, 2.45) is 0 Å². The number of pyridine rings is 1. The molecule has 9 rings (SSSR count). The van der Waals surface area contributed by atoms with Crippen LogP contribution in [-0.2, 0) is 21.1 Å². The minimum atomic E-state index is -0.365. The molecule has 5 aromatic carbocycles. The predicted octanol–water partition coefficient (Wildman–Crippen LogP) is 7.69. The van der Waals surface area contributed by atoms with Crippen LogP contribution in [0.1, 0.15) is 0 Å². The van der Waals surface area contributed by atoms with Crippen LogP contribution >= 0.6 is 0 Å². The molecule has 6 nitrogen and oxygen atoms in total. The topological polar surface area (TPSA) is 52.7 Å².